The third-order valence-corrected chi connectivity index (χ3v) is 3.35. The van der Waals surface area contributed by atoms with Gasteiger partial charge in [0.05, 0.1) is 16.1 Å². The first kappa shape index (κ1) is 13.8. The Hall–Kier alpha value is -0.240. The minimum absolute atomic E-state index is 0.159. The first-order chi connectivity index (χ1) is 7.63. The minimum Gasteiger partial charge on any atom is -0.393 e. The van der Waals surface area contributed by atoms with Crippen molar-refractivity contribution in [2.24, 2.45) is 0 Å². The highest BCUT2D eigenvalue weighted by Gasteiger charge is 2.03. The normalized spacial score (nSPS) is 12.8. The number of aliphatic hydroxyl groups excluding tert-OH is 1. The standard InChI is InChI=1S/C13H18Cl2O/c1-2-4-11(16)6-3-5-10-7-8-12(14)13(15)9-10/h7-9,11,16H,2-6H2,1H3. The summed E-state index contributed by atoms with van der Waals surface area (Å²) in [5.41, 5.74) is 1.18. The summed E-state index contributed by atoms with van der Waals surface area (Å²) in [4.78, 5) is 0. The Balaban J connectivity index is 2.34. The van der Waals surface area contributed by atoms with E-state index in [-0.39, 0.29) is 6.10 Å². The second-order valence-electron chi connectivity index (χ2n) is 4.08. The Morgan fingerprint density at radius 2 is 1.94 bits per heavy atom. The van der Waals surface area contributed by atoms with E-state index in [9.17, 15) is 5.11 Å². The number of rotatable bonds is 6. The van der Waals surface area contributed by atoms with Crippen LogP contribution in [0, 0.1) is 0 Å². The molecule has 0 saturated carbocycles. The van der Waals surface area contributed by atoms with Crippen molar-refractivity contribution in [1.82, 2.24) is 0 Å². The third kappa shape index (κ3) is 4.73. The minimum atomic E-state index is -0.159. The zero-order chi connectivity index (χ0) is 12.0. The average molecular weight is 261 g/mol. The molecular formula is C13H18Cl2O. The monoisotopic (exact) mass is 260 g/mol. The van der Waals surface area contributed by atoms with Crippen LogP contribution in [0.15, 0.2) is 18.2 Å². The summed E-state index contributed by atoms with van der Waals surface area (Å²) in [6.45, 7) is 2.09. The van der Waals surface area contributed by atoms with Crippen LogP contribution in [0.3, 0.4) is 0 Å². The SMILES string of the molecule is CCCC(O)CCCc1ccc(Cl)c(Cl)c1. The molecule has 0 aliphatic carbocycles. The largest absolute Gasteiger partial charge is 0.393 e. The van der Waals surface area contributed by atoms with Crippen molar-refractivity contribution in [3.8, 4) is 0 Å². The summed E-state index contributed by atoms with van der Waals surface area (Å²) in [6.07, 6.45) is 4.55. The number of hydrogen-bond acceptors (Lipinski definition) is 1. The van der Waals surface area contributed by atoms with Gasteiger partial charge in [0, 0.05) is 0 Å². The number of hydrogen-bond donors (Lipinski definition) is 1. The highest BCUT2D eigenvalue weighted by atomic mass is 35.5. The van der Waals surface area contributed by atoms with Crippen LogP contribution in [0.1, 0.15) is 38.2 Å². The van der Waals surface area contributed by atoms with Gasteiger partial charge in [0.15, 0.2) is 0 Å². The molecule has 0 aliphatic rings. The van der Waals surface area contributed by atoms with Crippen LogP contribution in [0.5, 0.6) is 0 Å². The van der Waals surface area contributed by atoms with Gasteiger partial charge in [0.25, 0.3) is 0 Å². The quantitative estimate of drug-likeness (QED) is 0.800. The summed E-state index contributed by atoms with van der Waals surface area (Å²) < 4.78 is 0. The van der Waals surface area contributed by atoms with Gasteiger partial charge < -0.3 is 5.11 Å². The molecule has 0 bridgehead atoms. The highest BCUT2D eigenvalue weighted by molar-refractivity contribution is 6.42. The molecular weight excluding hydrogens is 243 g/mol. The molecule has 0 radical (unpaired) electrons. The maximum Gasteiger partial charge on any atom is 0.0595 e. The molecule has 1 aromatic rings. The van der Waals surface area contributed by atoms with E-state index >= 15 is 0 Å². The van der Waals surface area contributed by atoms with Crippen molar-refractivity contribution in [3.05, 3.63) is 33.8 Å². The topological polar surface area (TPSA) is 20.2 Å². The van der Waals surface area contributed by atoms with Crippen molar-refractivity contribution in [2.75, 3.05) is 0 Å². The molecule has 0 spiro atoms. The first-order valence-corrected chi connectivity index (χ1v) is 6.51. The molecule has 0 heterocycles. The molecule has 0 aromatic heterocycles. The van der Waals surface area contributed by atoms with Gasteiger partial charge in [-0.15, -0.1) is 0 Å². The van der Waals surface area contributed by atoms with Crippen molar-refractivity contribution >= 4 is 23.2 Å². The summed E-state index contributed by atoms with van der Waals surface area (Å²) >= 11 is 11.8. The van der Waals surface area contributed by atoms with Crippen molar-refractivity contribution in [2.45, 2.75) is 45.1 Å². The van der Waals surface area contributed by atoms with Gasteiger partial charge in [-0.3, -0.25) is 0 Å². The van der Waals surface area contributed by atoms with E-state index < -0.39 is 0 Å². The van der Waals surface area contributed by atoms with Crippen LogP contribution in [-0.4, -0.2) is 11.2 Å². The molecule has 3 heteroatoms. The van der Waals surface area contributed by atoms with Crippen LogP contribution in [0.2, 0.25) is 10.0 Å². The number of aliphatic hydroxyl groups is 1. The zero-order valence-corrected chi connectivity index (χ0v) is 11.1. The maximum atomic E-state index is 9.58. The second kappa shape index (κ2) is 7.16. The summed E-state index contributed by atoms with van der Waals surface area (Å²) in [7, 11) is 0. The molecule has 1 rings (SSSR count). The predicted octanol–water partition coefficient (Wildman–Crippen LogP) is 4.48. The molecule has 0 fully saturated rings. The lowest BCUT2D eigenvalue weighted by Gasteiger charge is -2.09. The molecule has 1 nitrogen and oxygen atoms in total. The fraction of sp³-hybridized carbons (Fsp3) is 0.538. The molecule has 1 N–H and O–H groups in total. The fourth-order valence-electron chi connectivity index (χ4n) is 1.71. The molecule has 0 aliphatic heterocycles. The number of halogens is 2. The van der Waals surface area contributed by atoms with Gasteiger partial charge in [-0.25, -0.2) is 0 Å². The summed E-state index contributed by atoms with van der Waals surface area (Å²) in [5.74, 6) is 0. The first-order valence-electron chi connectivity index (χ1n) is 5.75. The van der Waals surface area contributed by atoms with E-state index in [2.05, 4.69) is 6.92 Å². The molecule has 0 saturated heterocycles. The van der Waals surface area contributed by atoms with Crippen LogP contribution < -0.4 is 0 Å². The lowest BCUT2D eigenvalue weighted by atomic mass is 10.0. The Morgan fingerprint density at radius 1 is 1.19 bits per heavy atom. The molecule has 16 heavy (non-hydrogen) atoms. The van der Waals surface area contributed by atoms with E-state index in [1.165, 1.54) is 5.56 Å². The van der Waals surface area contributed by atoms with E-state index in [1.807, 2.05) is 18.2 Å². The third-order valence-electron chi connectivity index (χ3n) is 2.61. The molecule has 1 unspecified atom stereocenters. The van der Waals surface area contributed by atoms with Gasteiger partial charge >= 0.3 is 0 Å². The smallest absolute Gasteiger partial charge is 0.0595 e. The Labute approximate surface area is 107 Å². The van der Waals surface area contributed by atoms with E-state index in [0.717, 1.165) is 32.1 Å². The van der Waals surface area contributed by atoms with Gasteiger partial charge in [-0.1, -0.05) is 42.6 Å². The Morgan fingerprint density at radius 3 is 2.56 bits per heavy atom. The maximum absolute atomic E-state index is 9.58. The van der Waals surface area contributed by atoms with Crippen LogP contribution in [0.4, 0.5) is 0 Å². The number of aryl methyl sites for hydroxylation is 1. The van der Waals surface area contributed by atoms with Crippen molar-refractivity contribution in [1.29, 1.82) is 0 Å². The fourth-order valence-corrected chi connectivity index (χ4v) is 2.04. The highest BCUT2D eigenvalue weighted by Crippen LogP contribution is 2.23. The van der Waals surface area contributed by atoms with Crippen LogP contribution in [-0.2, 0) is 6.42 Å². The van der Waals surface area contributed by atoms with Crippen molar-refractivity contribution < 1.29 is 5.11 Å². The van der Waals surface area contributed by atoms with Crippen molar-refractivity contribution in [3.63, 3.8) is 0 Å². The molecule has 90 valence electrons. The summed E-state index contributed by atoms with van der Waals surface area (Å²) in [6, 6.07) is 5.71. The van der Waals surface area contributed by atoms with Gasteiger partial charge in [-0.2, -0.15) is 0 Å². The molecule has 1 atom stereocenters. The lowest BCUT2D eigenvalue weighted by Crippen LogP contribution is -2.05. The predicted molar refractivity (Wildman–Crippen MR) is 70.3 cm³/mol. The Kier molecular flexibility index (Phi) is 6.18. The second-order valence-corrected chi connectivity index (χ2v) is 4.90. The van der Waals surface area contributed by atoms with Gasteiger partial charge in [0.1, 0.15) is 0 Å². The van der Waals surface area contributed by atoms with Gasteiger partial charge in [0.2, 0.25) is 0 Å². The summed E-state index contributed by atoms with van der Waals surface area (Å²) in [5, 5.41) is 10.8. The van der Waals surface area contributed by atoms with E-state index in [1.54, 1.807) is 0 Å². The number of benzene rings is 1. The van der Waals surface area contributed by atoms with E-state index in [0.29, 0.717) is 10.0 Å². The average Bonchev–Trinajstić information content (AvgIpc) is 2.24. The van der Waals surface area contributed by atoms with E-state index in [4.69, 9.17) is 23.2 Å². The van der Waals surface area contributed by atoms with Crippen LogP contribution >= 0.6 is 23.2 Å². The zero-order valence-electron chi connectivity index (χ0n) is 9.55. The molecule has 1 aromatic carbocycles. The molecule has 0 amide bonds. The lowest BCUT2D eigenvalue weighted by molar-refractivity contribution is 0.151. The Bertz CT molecular complexity index is 326. The van der Waals surface area contributed by atoms with Gasteiger partial charge in [-0.05, 0) is 43.4 Å². The van der Waals surface area contributed by atoms with Crippen LogP contribution in [0.25, 0.3) is 0 Å².